The quantitative estimate of drug-likeness (QED) is 0.673. The molecule has 35 heavy (non-hydrogen) atoms. The van der Waals surface area contributed by atoms with Crippen molar-refractivity contribution in [1.82, 2.24) is 14.9 Å². The van der Waals surface area contributed by atoms with Crippen LogP contribution in [0.1, 0.15) is 36.9 Å². The van der Waals surface area contributed by atoms with E-state index in [0.717, 1.165) is 60.7 Å². The van der Waals surface area contributed by atoms with Crippen molar-refractivity contribution in [2.45, 2.75) is 48.6 Å². The number of hydrogen-bond acceptors (Lipinski definition) is 7. The molecule has 2 N–H and O–H groups in total. The number of fused-ring (bicyclic) bond motifs is 3. The Hall–Kier alpha value is -2.98. The second-order valence-corrected chi connectivity index (χ2v) is 11.0. The zero-order valence-electron chi connectivity index (χ0n) is 19.7. The lowest BCUT2D eigenvalue weighted by molar-refractivity contribution is 0.0903. The van der Waals surface area contributed by atoms with Gasteiger partial charge in [-0.1, -0.05) is 24.8 Å². The third kappa shape index (κ3) is 3.79. The van der Waals surface area contributed by atoms with Gasteiger partial charge < -0.3 is 20.3 Å². The Morgan fingerprint density at radius 1 is 1.20 bits per heavy atom. The molecule has 1 aromatic heterocycles. The highest BCUT2D eigenvalue weighted by molar-refractivity contribution is 7.85. The Bertz CT molecular complexity index is 1190. The predicted molar refractivity (Wildman–Crippen MR) is 135 cm³/mol. The monoisotopic (exact) mass is 494 g/mol. The Kier molecular flexibility index (Phi) is 5.72. The van der Waals surface area contributed by atoms with E-state index < -0.39 is 16.3 Å². The summed E-state index contributed by atoms with van der Waals surface area (Å²) < 4.78 is 18.2. The lowest BCUT2D eigenvalue weighted by atomic mass is 9.77. The molecule has 2 saturated heterocycles. The number of nitrogens with one attached hydrogen (secondary N) is 2. The number of benzene rings is 1. The molecule has 9 nitrogen and oxygen atoms in total. The van der Waals surface area contributed by atoms with Gasteiger partial charge in [0, 0.05) is 62.0 Å². The van der Waals surface area contributed by atoms with Gasteiger partial charge in [-0.3, -0.25) is 9.11 Å². The molecule has 10 heteroatoms. The summed E-state index contributed by atoms with van der Waals surface area (Å²) in [7, 11) is -1.07. The molecule has 2 fully saturated rings. The van der Waals surface area contributed by atoms with Gasteiger partial charge in [-0.15, -0.1) is 0 Å². The number of carbonyl (C=O) groups excluding carboxylic acids is 1. The Labute approximate surface area is 207 Å². The molecule has 6 rings (SSSR count). The van der Waals surface area contributed by atoms with Gasteiger partial charge >= 0.3 is 6.03 Å². The van der Waals surface area contributed by atoms with Crippen molar-refractivity contribution in [2.75, 3.05) is 47.6 Å². The fourth-order valence-corrected chi connectivity index (χ4v) is 7.11. The normalized spacial score (nSPS) is 23.5. The molecule has 4 aliphatic rings. The molecule has 0 saturated carbocycles. The fourth-order valence-electron chi connectivity index (χ4n) is 5.80. The van der Waals surface area contributed by atoms with Crippen molar-refractivity contribution in [3.8, 4) is 0 Å². The molecule has 1 unspecified atom stereocenters. The second-order valence-electron chi connectivity index (χ2n) is 9.53. The number of rotatable bonds is 4. The minimum Gasteiger partial charge on any atom is -0.381 e. The van der Waals surface area contributed by atoms with Crippen LogP contribution in [0, 0.1) is 0 Å². The van der Waals surface area contributed by atoms with E-state index in [4.69, 9.17) is 14.7 Å². The van der Waals surface area contributed by atoms with Gasteiger partial charge in [-0.2, -0.15) is 4.98 Å². The van der Waals surface area contributed by atoms with Crippen LogP contribution in [-0.2, 0) is 27.5 Å². The molecular formula is C25H30N6O3S. The van der Waals surface area contributed by atoms with Crippen LogP contribution < -0.4 is 15.5 Å². The van der Waals surface area contributed by atoms with E-state index >= 15 is 0 Å². The number of aromatic nitrogens is 2. The number of carbonyl (C=O) groups is 1. The van der Waals surface area contributed by atoms with Crippen molar-refractivity contribution in [1.29, 1.82) is 0 Å². The van der Waals surface area contributed by atoms with Gasteiger partial charge in [-0.25, -0.2) is 9.78 Å². The number of urea groups is 1. The first-order valence-corrected chi connectivity index (χ1v) is 13.6. The summed E-state index contributed by atoms with van der Waals surface area (Å²) in [6.07, 6.45) is 5.63. The highest BCUT2D eigenvalue weighted by Gasteiger charge is 2.47. The van der Waals surface area contributed by atoms with Crippen LogP contribution in [0.2, 0.25) is 0 Å². The minimum atomic E-state index is -1.07. The van der Waals surface area contributed by atoms with Gasteiger partial charge in [0.2, 0.25) is 5.95 Å². The molecule has 1 atom stereocenters. The van der Waals surface area contributed by atoms with E-state index in [-0.39, 0.29) is 12.1 Å². The van der Waals surface area contributed by atoms with Crippen molar-refractivity contribution >= 4 is 34.3 Å². The lowest BCUT2D eigenvalue weighted by Gasteiger charge is -2.50. The summed E-state index contributed by atoms with van der Waals surface area (Å²) in [4.78, 5) is 27.3. The Balaban J connectivity index is 1.29. The summed E-state index contributed by atoms with van der Waals surface area (Å²) in [5.41, 5.74) is 2.42. The summed E-state index contributed by atoms with van der Waals surface area (Å²) in [5, 5.41) is 6.54. The number of aryl methyl sites for hydroxylation is 1. The standard InChI is InChI=1S/C25H30N6O3S/c1-2-31-24(32)28-19-6-4-3-5-18(19)25(31)10-12-30(13-11-25)23-27-20-9-16-35(33)21(20)22(29-23)26-17-7-14-34-15-8-17/h2-6,17H,1,7-16H2,(H,28,32)(H,26,27,29). The van der Waals surface area contributed by atoms with Gasteiger partial charge in [0.15, 0.2) is 0 Å². The van der Waals surface area contributed by atoms with Gasteiger partial charge in [-0.05, 0) is 31.7 Å². The van der Waals surface area contributed by atoms with Crippen LogP contribution in [0.5, 0.6) is 0 Å². The number of para-hydroxylation sites is 1. The topological polar surface area (TPSA) is 99.7 Å². The first kappa shape index (κ1) is 22.5. The summed E-state index contributed by atoms with van der Waals surface area (Å²) in [5.74, 6) is 1.98. The lowest BCUT2D eigenvalue weighted by Crippen LogP contribution is -2.57. The molecule has 5 heterocycles. The SMILES string of the molecule is C=CN1C(=O)Nc2ccccc2C12CCN(c1nc3c(c(NC4CCOCC4)n1)S(=O)CC3)CC2. The number of piperidine rings is 1. The third-order valence-corrected chi connectivity index (χ3v) is 9.10. The first-order chi connectivity index (χ1) is 17.1. The molecule has 0 bridgehead atoms. The number of anilines is 3. The largest absolute Gasteiger partial charge is 0.381 e. The smallest absolute Gasteiger partial charge is 0.326 e. The zero-order valence-corrected chi connectivity index (χ0v) is 20.5. The third-order valence-electron chi connectivity index (χ3n) is 7.64. The Morgan fingerprint density at radius 3 is 2.74 bits per heavy atom. The van der Waals surface area contributed by atoms with Crippen LogP contribution in [0.15, 0.2) is 41.9 Å². The number of hydrogen-bond donors (Lipinski definition) is 2. The van der Waals surface area contributed by atoms with E-state index in [0.29, 0.717) is 37.0 Å². The first-order valence-electron chi connectivity index (χ1n) is 12.3. The maximum Gasteiger partial charge on any atom is 0.326 e. The van der Waals surface area contributed by atoms with Crippen LogP contribution in [0.4, 0.5) is 22.2 Å². The summed E-state index contributed by atoms with van der Waals surface area (Å²) in [6, 6.07) is 8.13. The average Bonchev–Trinajstić information content (AvgIpc) is 3.26. The van der Waals surface area contributed by atoms with E-state index in [1.54, 1.807) is 11.1 Å². The maximum absolute atomic E-state index is 12.9. The van der Waals surface area contributed by atoms with E-state index in [9.17, 15) is 9.00 Å². The molecule has 184 valence electrons. The molecule has 4 aliphatic heterocycles. The number of amides is 2. The van der Waals surface area contributed by atoms with Crippen LogP contribution in [0.25, 0.3) is 0 Å². The zero-order chi connectivity index (χ0) is 24.0. The van der Waals surface area contributed by atoms with Crippen molar-refractivity contribution in [3.63, 3.8) is 0 Å². The molecular weight excluding hydrogens is 464 g/mol. The number of nitrogens with zero attached hydrogens (tertiary/aromatic N) is 4. The van der Waals surface area contributed by atoms with Crippen molar-refractivity contribution < 1.29 is 13.7 Å². The molecule has 0 radical (unpaired) electrons. The minimum absolute atomic E-state index is 0.147. The predicted octanol–water partition coefficient (Wildman–Crippen LogP) is 3.22. The van der Waals surface area contributed by atoms with Gasteiger partial charge in [0.05, 0.1) is 22.0 Å². The maximum atomic E-state index is 12.9. The Morgan fingerprint density at radius 2 is 1.97 bits per heavy atom. The van der Waals surface area contributed by atoms with Crippen LogP contribution >= 0.6 is 0 Å². The summed E-state index contributed by atoms with van der Waals surface area (Å²) >= 11 is 0. The van der Waals surface area contributed by atoms with Gasteiger partial charge in [0.25, 0.3) is 0 Å². The van der Waals surface area contributed by atoms with E-state index in [2.05, 4.69) is 28.2 Å². The highest BCUT2D eigenvalue weighted by atomic mass is 32.2. The summed E-state index contributed by atoms with van der Waals surface area (Å²) in [6.45, 7) is 6.78. The van der Waals surface area contributed by atoms with Crippen LogP contribution in [0.3, 0.4) is 0 Å². The van der Waals surface area contributed by atoms with E-state index in [1.165, 1.54) is 0 Å². The fraction of sp³-hybridized carbons (Fsp3) is 0.480. The molecule has 1 aromatic carbocycles. The van der Waals surface area contributed by atoms with Crippen molar-refractivity contribution in [2.24, 2.45) is 0 Å². The number of ether oxygens (including phenoxy) is 1. The molecule has 0 aliphatic carbocycles. The highest BCUT2D eigenvalue weighted by Crippen LogP contribution is 2.46. The molecule has 2 aromatic rings. The van der Waals surface area contributed by atoms with Crippen molar-refractivity contribution in [3.05, 3.63) is 48.3 Å². The van der Waals surface area contributed by atoms with E-state index in [1.807, 2.05) is 18.2 Å². The molecule has 1 spiro atoms. The second kappa shape index (κ2) is 8.91. The molecule has 2 amide bonds. The van der Waals surface area contributed by atoms with Gasteiger partial charge in [0.1, 0.15) is 10.7 Å². The van der Waals surface area contributed by atoms with Crippen LogP contribution in [-0.4, -0.2) is 63.2 Å². The average molecular weight is 495 g/mol.